The van der Waals surface area contributed by atoms with Gasteiger partial charge < -0.3 is 4.74 Å². The number of sulfone groups is 1. The van der Waals surface area contributed by atoms with Gasteiger partial charge in [0.15, 0.2) is 9.84 Å². The average Bonchev–Trinajstić information content (AvgIpc) is 2.39. The van der Waals surface area contributed by atoms with E-state index in [0.717, 1.165) is 25.5 Å². The molecule has 1 heterocycles. The molecular weight excluding hydrogens is 284 g/mol. The number of hydrogen-bond donors (Lipinski definition) is 0. The highest BCUT2D eigenvalue weighted by Gasteiger charge is 2.22. The van der Waals surface area contributed by atoms with Gasteiger partial charge >= 0.3 is 0 Å². The lowest BCUT2D eigenvalue weighted by Gasteiger charge is -2.22. The predicted octanol–water partition coefficient (Wildman–Crippen LogP) is 1.77. The first kappa shape index (κ1) is 14.7. The quantitative estimate of drug-likeness (QED) is 0.850. The zero-order chi connectivity index (χ0) is 13.9. The molecule has 106 valence electrons. The third kappa shape index (κ3) is 3.87. The fourth-order valence-electron chi connectivity index (χ4n) is 2.14. The van der Waals surface area contributed by atoms with Gasteiger partial charge in [0.2, 0.25) is 0 Å². The maximum Gasteiger partial charge on any atom is 0.176 e. The van der Waals surface area contributed by atoms with Crippen LogP contribution < -0.4 is 0 Å². The lowest BCUT2D eigenvalue weighted by Crippen LogP contribution is -2.25. The largest absolute Gasteiger partial charge is 0.377 e. The fourth-order valence-corrected chi connectivity index (χ4v) is 4.94. The first-order valence-corrected chi connectivity index (χ1v) is 9.48. The SMILES string of the molecule is CS(=O)(=O)c1ccccc1[S@](=O)C[C@@H]1CCCCO1. The molecule has 0 bridgehead atoms. The van der Waals surface area contributed by atoms with Crippen LogP contribution in [0, 0.1) is 0 Å². The lowest BCUT2D eigenvalue weighted by atomic mass is 10.1. The van der Waals surface area contributed by atoms with Crippen LogP contribution in [0.1, 0.15) is 19.3 Å². The van der Waals surface area contributed by atoms with Crippen molar-refractivity contribution in [1.29, 1.82) is 0 Å². The molecule has 1 fully saturated rings. The van der Waals surface area contributed by atoms with Crippen molar-refractivity contribution in [3.8, 4) is 0 Å². The monoisotopic (exact) mass is 302 g/mol. The summed E-state index contributed by atoms with van der Waals surface area (Å²) in [4.78, 5) is 0.545. The standard InChI is InChI=1S/C13H18O4S2/c1-19(15,16)13-8-3-2-7-12(13)18(14)10-11-6-4-5-9-17-11/h2-3,7-8,11H,4-6,9-10H2,1H3/t11-,18+/m0/s1. The summed E-state index contributed by atoms with van der Waals surface area (Å²) in [6.45, 7) is 0.704. The normalized spacial score (nSPS) is 22.1. The van der Waals surface area contributed by atoms with E-state index in [1.807, 2.05) is 0 Å². The molecule has 6 heteroatoms. The van der Waals surface area contributed by atoms with Crippen molar-refractivity contribution >= 4 is 20.6 Å². The molecule has 0 spiro atoms. The molecule has 2 atom stereocenters. The van der Waals surface area contributed by atoms with E-state index in [9.17, 15) is 12.6 Å². The van der Waals surface area contributed by atoms with Gasteiger partial charge in [-0.15, -0.1) is 0 Å². The number of rotatable bonds is 4. The molecule has 1 aliphatic heterocycles. The predicted molar refractivity (Wildman–Crippen MR) is 74.4 cm³/mol. The summed E-state index contributed by atoms with van der Waals surface area (Å²) in [5.74, 6) is 0.368. The summed E-state index contributed by atoms with van der Waals surface area (Å²) in [6.07, 6.45) is 4.13. The van der Waals surface area contributed by atoms with Gasteiger partial charge in [0.1, 0.15) is 0 Å². The zero-order valence-corrected chi connectivity index (χ0v) is 12.5. The van der Waals surface area contributed by atoms with E-state index >= 15 is 0 Å². The average molecular weight is 302 g/mol. The van der Waals surface area contributed by atoms with Crippen molar-refractivity contribution in [3.05, 3.63) is 24.3 Å². The fraction of sp³-hybridized carbons (Fsp3) is 0.538. The molecule has 1 aromatic carbocycles. The number of ether oxygens (including phenoxy) is 1. The first-order chi connectivity index (χ1) is 8.98. The highest BCUT2D eigenvalue weighted by atomic mass is 32.2. The topological polar surface area (TPSA) is 60.4 Å². The van der Waals surface area contributed by atoms with Crippen LogP contribution in [0.2, 0.25) is 0 Å². The minimum atomic E-state index is -3.35. The molecule has 0 radical (unpaired) electrons. The van der Waals surface area contributed by atoms with Crippen LogP contribution in [0.15, 0.2) is 34.1 Å². The Morgan fingerprint density at radius 1 is 1.32 bits per heavy atom. The van der Waals surface area contributed by atoms with E-state index in [4.69, 9.17) is 4.74 Å². The molecule has 1 aromatic rings. The van der Waals surface area contributed by atoms with Crippen molar-refractivity contribution in [2.75, 3.05) is 18.6 Å². The Bertz CT molecular complexity index is 560. The molecule has 0 N–H and O–H groups in total. The van der Waals surface area contributed by atoms with Gasteiger partial charge in [0.05, 0.1) is 32.4 Å². The van der Waals surface area contributed by atoms with Crippen molar-refractivity contribution < 1.29 is 17.4 Å². The molecule has 0 saturated carbocycles. The highest BCUT2D eigenvalue weighted by molar-refractivity contribution is 7.92. The minimum absolute atomic E-state index is 0.0257. The minimum Gasteiger partial charge on any atom is -0.377 e. The van der Waals surface area contributed by atoms with Crippen LogP contribution in [0.4, 0.5) is 0 Å². The van der Waals surface area contributed by atoms with E-state index in [1.165, 1.54) is 6.07 Å². The molecular formula is C13H18O4S2. The van der Waals surface area contributed by atoms with Crippen LogP contribution in [0.3, 0.4) is 0 Å². The van der Waals surface area contributed by atoms with Crippen LogP contribution in [0.25, 0.3) is 0 Å². The number of benzene rings is 1. The molecule has 4 nitrogen and oxygen atoms in total. The van der Waals surface area contributed by atoms with Gasteiger partial charge in [0.25, 0.3) is 0 Å². The van der Waals surface area contributed by atoms with E-state index in [-0.39, 0.29) is 11.0 Å². The first-order valence-electron chi connectivity index (χ1n) is 6.27. The van der Waals surface area contributed by atoms with Crippen molar-refractivity contribution in [2.45, 2.75) is 35.2 Å². The van der Waals surface area contributed by atoms with E-state index < -0.39 is 20.6 Å². The smallest absolute Gasteiger partial charge is 0.176 e. The second-order valence-corrected chi connectivity index (χ2v) is 8.17. The molecule has 1 aliphatic rings. The Morgan fingerprint density at radius 2 is 2.05 bits per heavy atom. The van der Waals surface area contributed by atoms with Gasteiger partial charge in [-0.3, -0.25) is 4.21 Å². The molecule has 0 unspecified atom stereocenters. The van der Waals surface area contributed by atoms with E-state index in [1.54, 1.807) is 18.2 Å². The Kier molecular flexibility index (Phi) is 4.76. The highest BCUT2D eigenvalue weighted by Crippen LogP contribution is 2.22. The van der Waals surface area contributed by atoms with Gasteiger partial charge in [0, 0.05) is 12.9 Å². The summed E-state index contributed by atoms with van der Waals surface area (Å²) >= 11 is 0. The zero-order valence-electron chi connectivity index (χ0n) is 10.9. The summed E-state index contributed by atoms with van der Waals surface area (Å²) in [5.41, 5.74) is 0. The third-order valence-corrected chi connectivity index (χ3v) is 5.91. The Balaban J connectivity index is 2.19. The summed E-state index contributed by atoms with van der Waals surface area (Å²) in [5, 5.41) is 0. The van der Waals surface area contributed by atoms with Crippen LogP contribution >= 0.6 is 0 Å². The Labute approximate surface area is 116 Å². The summed E-state index contributed by atoms with van der Waals surface area (Å²) in [7, 11) is -4.70. The molecule has 0 amide bonds. The third-order valence-electron chi connectivity index (χ3n) is 3.11. The number of hydrogen-bond acceptors (Lipinski definition) is 4. The molecule has 0 aromatic heterocycles. The lowest BCUT2D eigenvalue weighted by molar-refractivity contribution is 0.0310. The summed E-state index contributed by atoms with van der Waals surface area (Å²) in [6, 6.07) is 6.48. The van der Waals surface area contributed by atoms with E-state index in [2.05, 4.69) is 0 Å². The summed E-state index contributed by atoms with van der Waals surface area (Å²) < 4.78 is 41.3. The van der Waals surface area contributed by atoms with Crippen LogP contribution in [-0.4, -0.2) is 37.3 Å². The van der Waals surface area contributed by atoms with E-state index in [0.29, 0.717) is 17.3 Å². The van der Waals surface area contributed by atoms with Gasteiger partial charge in [-0.05, 0) is 31.4 Å². The van der Waals surface area contributed by atoms with Gasteiger partial charge in [-0.25, -0.2) is 8.42 Å². The second-order valence-electron chi connectivity index (χ2n) is 4.72. The van der Waals surface area contributed by atoms with Crippen molar-refractivity contribution in [1.82, 2.24) is 0 Å². The van der Waals surface area contributed by atoms with Crippen molar-refractivity contribution in [2.24, 2.45) is 0 Å². The second kappa shape index (κ2) is 6.15. The van der Waals surface area contributed by atoms with Gasteiger partial charge in [-0.2, -0.15) is 0 Å². The molecule has 0 aliphatic carbocycles. The van der Waals surface area contributed by atoms with Crippen LogP contribution in [0.5, 0.6) is 0 Å². The van der Waals surface area contributed by atoms with Gasteiger partial charge in [-0.1, -0.05) is 12.1 Å². The Hall–Kier alpha value is -0.720. The molecule has 19 heavy (non-hydrogen) atoms. The maximum absolute atomic E-state index is 12.3. The molecule has 1 saturated heterocycles. The maximum atomic E-state index is 12.3. The Morgan fingerprint density at radius 3 is 2.68 bits per heavy atom. The van der Waals surface area contributed by atoms with Crippen molar-refractivity contribution in [3.63, 3.8) is 0 Å². The van der Waals surface area contributed by atoms with Crippen LogP contribution in [-0.2, 0) is 25.4 Å². The molecule has 2 rings (SSSR count).